The highest BCUT2D eigenvalue weighted by molar-refractivity contribution is 8.77. The number of hydrogen-bond acceptors (Lipinski definition) is 4. The lowest BCUT2D eigenvalue weighted by molar-refractivity contribution is -0.137. The fourth-order valence-corrected chi connectivity index (χ4v) is 3.58. The molecule has 76 valence electrons. The summed E-state index contributed by atoms with van der Waals surface area (Å²) in [5, 5.41) is 8.65. The van der Waals surface area contributed by atoms with Crippen molar-refractivity contribution in [3.8, 4) is 0 Å². The average molecular weight is 222 g/mol. The van der Waals surface area contributed by atoms with E-state index in [1.165, 1.54) is 28.5 Å². The first-order valence-corrected chi connectivity index (χ1v) is 6.38. The van der Waals surface area contributed by atoms with Gasteiger partial charge in [0.25, 0.3) is 0 Å². The average Bonchev–Trinajstić information content (AvgIpc) is 1.81. The van der Waals surface area contributed by atoms with E-state index in [4.69, 9.17) is 5.11 Å². The van der Waals surface area contributed by atoms with Crippen LogP contribution in [-0.4, -0.2) is 27.9 Å². The summed E-state index contributed by atoms with van der Waals surface area (Å²) >= 11 is 0. The summed E-state index contributed by atoms with van der Waals surface area (Å²) in [6, 6.07) is 0. The van der Waals surface area contributed by atoms with Gasteiger partial charge in [-0.1, -0.05) is 21.6 Å². The van der Waals surface area contributed by atoms with Crippen molar-refractivity contribution >= 4 is 33.3 Å². The lowest BCUT2D eigenvalue weighted by Crippen LogP contribution is -2.26. The second-order valence-electron chi connectivity index (χ2n) is 3.15. The predicted octanol–water partition coefficient (Wildman–Crippen LogP) is 2.21. The number of ketones is 1. The first-order valence-electron chi connectivity index (χ1n) is 3.83. The third kappa shape index (κ3) is 5.99. The molecule has 13 heavy (non-hydrogen) atoms. The van der Waals surface area contributed by atoms with Crippen molar-refractivity contribution in [2.75, 3.05) is 6.26 Å². The van der Waals surface area contributed by atoms with Crippen molar-refractivity contribution in [1.82, 2.24) is 0 Å². The number of carbonyl (C=O) groups excluding carboxylic acids is 1. The Kier molecular flexibility index (Phi) is 5.48. The Bertz CT molecular complexity index is 188. The van der Waals surface area contributed by atoms with Crippen molar-refractivity contribution in [3.05, 3.63) is 0 Å². The van der Waals surface area contributed by atoms with Gasteiger partial charge in [0.1, 0.15) is 5.78 Å². The van der Waals surface area contributed by atoms with Crippen LogP contribution < -0.4 is 0 Å². The second kappa shape index (κ2) is 5.54. The van der Waals surface area contributed by atoms with E-state index in [1.807, 2.05) is 13.2 Å². The number of carboxylic acids is 1. The van der Waals surface area contributed by atoms with E-state index in [9.17, 15) is 9.59 Å². The van der Waals surface area contributed by atoms with E-state index in [0.717, 1.165) is 0 Å². The maximum atomic E-state index is 10.9. The van der Waals surface area contributed by atoms with Crippen molar-refractivity contribution < 1.29 is 14.7 Å². The zero-order valence-electron chi connectivity index (χ0n) is 7.99. The summed E-state index contributed by atoms with van der Waals surface area (Å²) in [6.07, 6.45) is 2.22. The maximum Gasteiger partial charge on any atom is 0.304 e. The third-order valence-electron chi connectivity index (χ3n) is 1.43. The van der Waals surface area contributed by atoms with E-state index in [-0.39, 0.29) is 12.2 Å². The van der Waals surface area contributed by atoms with Crippen molar-refractivity contribution in [3.63, 3.8) is 0 Å². The van der Waals surface area contributed by atoms with E-state index in [1.54, 1.807) is 0 Å². The van der Waals surface area contributed by atoms with Gasteiger partial charge >= 0.3 is 5.97 Å². The Hall–Kier alpha value is -0.160. The summed E-state index contributed by atoms with van der Waals surface area (Å²) in [5.41, 5.74) is 0. The Balaban J connectivity index is 4.32. The first kappa shape index (κ1) is 12.8. The summed E-state index contributed by atoms with van der Waals surface area (Å²) in [7, 11) is 2.94. The molecule has 1 unspecified atom stereocenters. The summed E-state index contributed by atoms with van der Waals surface area (Å²) in [4.78, 5) is 21.4. The van der Waals surface area contributed by atoms with E-state index in [2.05, 4.69) is 0 Å². The number of carbonyl (C=O) groups is 2. The SMILES string of the molecule is CSSC(C)(CC(C)=O)CC(=O)O. The molecule has 0 fully saturated rings. The second-order valence-corrected chi connectivity index (χ2v) is 6.13. The molecule has 0 aliphatic heterocycles. The maximum absolute atomic E-state index is 10.9. The van der Waals surface area contributed by atoms with Gasteiger partial charge in [-0.05, 0) is 20.1 Å². The highest BCUT2D eigenvalue weighted by Gasteiger charge is 2.29. The molecule has 0 aromatic carbocycles. The molecule has 0 aliphatic carbocycles. The first-order chi connectivity index (χ1) is 5.89. The summed E-state index contributed by atoms with van der Waals surface area (Å²) < 4.78 is -0.475. The molecule has 0 radical (unpaired) electrons. The molecule has 0 aromatic heterocycles. The van der Waals surface area contributed by atoms with Crippen LogP contribution in [0.15, 0.2) is 0 Å². The Morgan fingerprint density at radius 2 is 1.92 bits per heavy atom. The molecule has 1 atom stereocenters. The molecule has 1 N–H and O–H groups in total. The van der Waals surface area contributed by atoms with Crippen LogP contribution in [0.4, 0.5) is 0 Å². The van der Waals surface area contributed by atoms with Gasteiger partial charge < -0.3 is 5.11 Å². The van der Waals surface area contributed by atoms with Gasteiger partial charge in [-0.2, -0.15) is 0 Å². The zero-order valence-corrected chi connectivity index (χ0v) is 9.63. The molecule has 3 nitrogen and oxygen atoms in total. The van der Waals surface area contributed by atoms with Crippen LogP contribution in [0.1, 0.15) is 26.7 Å². The highest BCUT2D eigenvalue weighted by Crippen LogP contribution is 2.39. The van der Waals surface area contributed by atoms with Crippen LogP contribution in [0, 0.1) is 0 Å². The molecule has 0 heterocycles. The number of carboxylic acid groups (broad SMARTS) is 1. The molecule has 5 heteroatoms. The smallest absolute Gasteiger partial charge is 0.304 e. The van der Waals surface area contributed by atoms with Gasteiger partial charge in [0.2, 0.25) is 0 Å². The molecule has 0 aromatic rings. The number of Topliss-reactive ketones (excluding diaryl/α,β-unsaturated/α-hetero) is 1. The fourth-order valence-electron chi connectivity index (χ4n) is 1.17. The molecular weight excluding hydrogens is 208 g/mol. The molecule has 0 spiro atoms. The molecule has 0 saturated heterocycles. The molecule has 0 rings (SSSR count). The minimum Gasteiger partial charge on any atom is -0.481 e. The molecule has 0 saturated carbocycles. The van der Waals surface area contributed by atoms with E-state index < -0.39 is 10.7 Å². The van der Waals surface area contributed by atoms with Gasteiger partial charge in [0.05, 0.1) is 6.42 Å². The van der Waals surface area contributed by atoms with Crippen LogP contribution in [0.3, 0.4) is 0 Å². The minimum absolute atomic E-state index is 0.0259. The normalized spacial score (nSPS) is 15.0. The standard InChI is InChI=1S/C8H14O3S2/c1-6(9)4-8(2,13-12-3)5-7(10)11/h4-5H2,1-3H3,(H,10,11). The Morgan fingerprint density at radius 1 is 1.38 bits per heavy atom. The van der Waals surface area contributed by atoms with Crippen LogP contribution in [0.25, 0.3) is 0 Å². The molecule has 0 aliphatic rings. The van der Waals surface area contributed by atoms with Crippen LogP contribution >= 0.6 is 21.6 Å². The number of hydrogen-bond donors (Lipinski definition) is 1. The molecule has 0 amide bonds. The van der Waals surface area contributed by atoms with Crippen LogP contribution in [0.5, 0.6) is 0 Å². The molecule has 0 bridgehead atoms. The number of aliphatic carboxylic acids is 1. The molecular formula is C8H14O3S2. The number of rotatable bonds is 6. The lowest BCUT2D eigenvalue weighted by Gasteiger charge is -2.24. The van der Waals surface area contributed by atoms with Crippen molar-refractivity contribution in [1.29, 1.82) is 0 Å². The minimum atomic E-state index is -0.856. The lowest BCUT2D eigenvalue weighted by atomic mass is 10.0. The largest absolute Gasteiger partial charge is 0.481 e. The zero-order chi connectivity index (χ0) is 10.5. The van der Waals surface area contributed by atoms with Gasteiger partial charge in [0.15, 0.2) is 0 Å². The summed E-state index contributed by atoms with van der Waals surface area (Å²) in [5.74, 6) is -0.824. The van der Waals surface area contributed by atoms with E-state index in [0.29, 0.717) is 6.42 Å². The van der Waals surface area contributed by atoms with Crippen LogP contribution in [-0.2, 0) is 9.59 Å². The van der Waals surface area contributed by atoms with Crippen molar-refractivity contribution in [2.45, 2.75) is 31.4 Å². The van der Waals surface area contributed by atoms with Gasteiger partial charge in [-0.3, -0.25) is 9.59 Å². The predicted molar refractivity (Wildman–Crippen MR) is 57.1 cm³/mol. The quantitative estimate of drug-likeness (QED) is 0.698. The van der Waals surface area contributed by atoms with Crippen molar-refractivity contribution in [2.24, 2.45) is 0 Å². The topological polar surface area (TPSA) is 54.4 Å². The summed E-state index contributed by atoms with van der Waals surface area (Å²) in [6.45, 7) is 3.30. The van der Waals surface area contributed by atoms with Gasteiger partial charge in [-0.15, -0.1) is 0 Å². The van der Waals surface area contributed by atoms with Gasteiger partial charge in [0, 0.05) is 11.2 Å². The van der Waals surface area contributed by atoms with Gasteiger partial charge in [-0.25, -0.2) is 0 Å². The fraction of sp³-hybridized carbons (Fsp3) is 0.750. The van der Waals surface area contributed by atoms with Crippen LogP contribution in [0.2, 0.25) is 0 Å². The van der Waals surface area contributed by atoms with E-state index >= 15 is 0 Å². The third-order valence-corrected chi connectivity index (χ3v) is 4.00. The Morgan fingerprint density at radius 3 is 2.23 bits per heavy atom. The highest BCUT2D eigenvalue weighted by atomic mass is 33.1. The monoisotopic (exact) mass is 222 g/mol. The Labute approximate surface area is 86.1 Å².